The van der Waals surface area contributed by atoms with E-state index in [4.69, 9.17) is 9.47 Å². The Hall–Kier alpha value is -2.59. The van der Waals surface area contributed by atoms with Gasteiger partial charge in [0.25, 0.3) is 5.91 Å². The fraction of sp³-hybridized carbons (Fsp3) is 0.471. The van der Waals surface area contributed by atoms with Crippen molar-refractivity contribution in [2.75, 3.05) is 38.2 Å². The van der Waals surface area contributed by atoms with E-state index in [2.05, 4.69) is 20.3 Å². The average molecular weight is 391 g/mol. The van der Waals surface area contributed by atoms with E-state index in [-0.39, 0.29) is 5.91 Å². The Balaban J connectivity index is 1.73. The maximum Gasteiger partial charge on any atom is 0.350 e. The van der Waals surface area contributed by atoms with Crippen LogP contribution < -0.4 is 5.32 Å². The Bertz CT molecular complexity index is 848. The minimum absolute atomic E-state index is 0.1000. The molecule has 1 amide bonds. The van der Waals surface area contributed by atoms with E-state index < -0.39 is 5.97 Å². The van der Waals surface area contributed by atoms with Crippen molar-refractivity contribution < 1.29 is 19.1 Å². The fourth-order valence-corrected chi connectivity index (χ4v) is 3.46. The van der Waals surface area contributed by atoms with Gasteiger partial charge < -0.3 is 19.7 Å². The molecular weight excluding hydrogens is 370 g/mol. The van der Waals surface area contributed by atoms with Gasteiger partial charge in [0, 0.05) is 19.3 Å². The van der Waals surface area contributed by atoms with Gasteiger partial charge in [-0.1, -0.05) is 11.3 Å². The summed E-state index contributed by atoms with van der Waals surface area (Å²) in [5.74, 6) is -0.184. The lowest BCUT2D eigenvalue weighted by atomic mass is 10.2. The van der Waals surface area contributed by atoms with E-state index in [9.17, 15) is 9.59 Å². The van der Waals surface area contributed by atoms with Crippen molar-refractivity contribution in [3.05, 3.63) is 28.0 Å². The van der Waals surface area contributed by atoms with E-state index in [1.165, 1.54) is 17.5 Å². The number of esters is 1. The molecule has 0 bridgehead atoms. The molecule has 0 atom stereocenters. The largest absolute Gasteiger partial charge is 0.462 e. The third-order valence-corrected chi connectivity index (χ3v) is 5.04. The van der Waals surface area contributed by atoms with Gasteiger partial charge in [-0.05, 0) is 20.8 Å². The standard InChI is InChI=1S/C17H21N5O4S/c1-4-26-15(24)13-11(3)20-17(27-13)21-16-18-9-12(10(2)19-16)14(23)22-5-7-25-8-6-22/h9H,4-8H2,1-3H3,(H,18,19,20,21). The number of amides is 1. The molecule has 144 valence electrons. The zero-order valence-electron chi connectivity index (χ0n) is 15.4. The first-order valence-corrected chi connectivity index (χ1v) is 9.43. The molecule has 0 unspecified atom stereocenters. The molecule has 2 aromatic rings. The van der Waals surface area contributed by atoms with E-state index in [1.807, 2.05) is 0 Å². The highest BCUT2D eigenvalue weighted by Crippen LogP contribution is 2.25. The lowest BCUT2D eigenvalue weighted by Crippen LogP contribution is -2.41. The van der Waals surface area contributed by atoms with Crippen LogP contribution in [-0.2, 0) is 9.47 Å². The molecule has 1 N–H and O–H groups in total. The van der Waals surface area contributed by atoms with Gasteiger partial charge in [0.15, 0.2) is 5.13 Å². The second-order valence-electron chi connectivity index (χ2n) is 5.88. The van der Waals surface area contributed by atoms with Gasteiger partial charge in [-0.15, -0.1) is 0 Å². The number of aromatic nitrogens is 3. The van der Waals surface area contributed by atoms with Gasteiger partial charge in [-0.25, -0.2) is 19.7 Å². The van der Waals surface area contributed by atoms with Crippen molar-refractivity contribution in [3.63, 3.8) is 0 Å². The Morgan fingerprint density at radius 1 is 1.26 bits per heavy atom. The van der Waals surface area contributed by atoms with Crippen LogP contribution in [0.3, 0.4) is 0 Å². The molecule has 1 aliphatic heterocycles. The summed E-state index contributed by atoms with van der Waals surface area (Å²) in [6.45, 7) is 7.76. The van der Waals surface area contributed by atoms with Crippen LogP contribution in [0.15, 0.2) is 6.20 Å². The number of thiazole rings is 1. The number of hydrogen-bond donors (Lipinski definition) is 1. The quantitative estimate of drug-likeness (QED) is 0.771. The lowest BCUT2D eigenvalue weighted by molar-refractivity contribution is 0.0301. The normalized spacial score (nSPS) is 14.1. The third kappa shape index (κ3) is 4.40. The van der Waals surface area contributed by atoms with Gasteiger partial charge in [-0.3, -0.25) is 4.79 Å². The van der Waals surface area contributed by atoms with Crippen LogP contribution in [0.2, 0.25) is 0 Å². The molecule has 0 spiro atoms. The molecule has 10 heteroatoms. The number of carbonyl (C=O) groups is 2. The maximum absolute atomic E-state index is 12.6. The van der Waals surface area contributed by atoms with Crippen LogP contribution in [0.1, 0.15) is 38.3 Å². The maximum atomic E-state index is 12.6. The molecule has 1 fully saturated rings. The summed E-state index contributed by atoms with van der Waals surface area (Å²) >= 11 is 1.18. The molecule has 1 saturated heterocycles. The van der Waals surface area contributed by atoms with Gasteiger partial charge in [-0.2, -0.15) is 0 Å². The molecule has 3 rings (SSSR count). The summed E-state index contributed by atoms with van der Waals surface area (Å²) in [6.07, 6.45) is 1.51. The summed E-state index contributed by atoms with van der Waals surface area (Å²) in [4.78, 5) is 39.5. The average Bonchev–Trinajstić information content (AvgIpc) is 3.02. The number of aryl methyl sites for hydroxylation is 2. The molecule has 9 nitrogen and oxygen atoms in total. The van der Waals surface area contributed by atoms with Crippen molar-refractivity contribution in [2.45, 2.75) is 20.8 Å². The number of nitrogens with zero attached hydrogens (tertiary/aromatic N) is 4. The Morgan fingerprint density at radius 3 is 2.67 bits per heavy atom. The highest BCUT2D eigenvalue weighted by molar-refractivity contribution is 7.17. The number of anilines is 2. The van der Waals surface area contributed by atoms with E-state index in [0.717, 1.165) is 0 Å². The smallest absolute Gasteiger partial charge is 0.350 e. The van der Waals surface area contributed by atoms with E-state index in [1.54, 1.807) is 25.7 Å². The van der Waals surface area contributed by atoms with Gasteiger partial charge in [0.05, 0.1) is 36.8 Å². The molecule has 0 aliphatic carbocycles. The third-order valence-electron chi connectivity index (χ3n) is 3.98. The van der Waals surface area contributed by atoms with Crippen LogP contribution in [0.25, 0.3) is 0 Å². The molecule has 3 heterocycles. The minimum Gasteiger partial charge on any atom is -0.462 e. The predicted molar refractivity (Wildman–Crippen MR) is 99.6 cm³/mol. The minimum atomic E-state index is -0.399. The SMILES string of the molecule is CCOC(=O)c1sc(Nc2ncc(C(=O)N3CCOCC3)c(C)n2)nc1C. The van der Waals surface area contributed by atoms with E-state index >= 15 is 0 Å². The zero-order valence-corrected chi connectivity index (χ0v) is 16.3. The molecule has 0 saturated carbocycles. The van der Waals surface area contributed by atoms with Gasteiger partial charge in [0.1, 0.15) is 4.88 Å². The van der Waals surface area contributed by atoms with Crippen LogP contribution >= 0.6 is 11.3 Å². The Morgan fingerprint density at radius 2 is 2.00 bits per heavy atom. The number of carbonyl (C=O) groups excluding carboxylic acids is 2. The summed E-state index contributed by atoms with van der Waals surface area (Å²) in [6, 6.07) is 0. The second-order valence-corrected chi connectivity index (χ2v) is 6.88. The highest BCUT2D eigenvalue weighted by Gasteiger charge is 2.22. The van der Waals surface area contributed by atoms with Gasteiger partial charge in [0.2, 0.25) is 5.95 Å². The molecular formula is C17H21N5O4S. The molecule has 0 aromatic carbocycles. The first-order valence-electron chi connectivity index (χ1n) is 8.61. The summed E-state index contributed by atoms with van der Waals surface area (Å²) in [7, 11) is 0. The molecule has 27 heavy (non-hydrogen) atoms. The number of hydrogen-bond acceptors (Lipinski definition) is 9. The van der Waals surface area contributed by atoms with Crippen molar-refractivity contribution in [3.8, 4) is 0 Å². The zero-order chi connectivity index (χ0) is 19.4. The fourth-order valence-electron chi connectivity index (χ4n) is 2.61. The van der Waals surface area contributed by atoms with Crippen LogP contribution in [0.4, 0.5) is 11.1 Å². The Kier molecular flexibility index (Phi) is 5.97. The topological polar surface area (TPSA) is 107 Å². The first-order chi connectivity index (χ1) is 13.0. The second kappa shape index (κ2) is 8.40. The predicted octanol–water partition coefficient (Wildman–Crippen LogP) is 1.94. The lowest BCUT2D eigenvalue weighted by Gasteiger charge is -2.27. The molecule has 1 aliphatic rings. The Labute approximate surface area is 160 Å². The van der Waals surface area contributed by atoms with Crippen molar-refractivity contribution in [1.29, 1.82) is 0 Å². The number of morpholine rings is 1. The van der Waals surface area contributed by atoms with Crippen molar-refractivity contribution in [1.82, 2.24) is 19.9 Å². The molecule has 0 radical (unpaired) electrons. The summed E-state index contributed by atoms with van der Waals surface area (Å²) in [5, 5.41) is 3.47. The number of rotatable bonds is 5. The van der Waals surface area contributed by atoms with Crippen molar-refractivity contribution >= 4 is 34.3 Å². The first kappa shape index (κ1) is 19.2. The summed E-state index contributed by atoms with van der Waals surface area (Å²) < 4.78 is 10.3. The molecule has 2 aromatic heterocycles. The van der Waals surface area contributed by atoms with Crippen molar-refractivity contribution in [2.24, 2.45) is 0 Å². The highest BCUT2D eigenvalue weighted by atomic mass is 32.1. The van der Waals surface area contributed by atoms with Crippen LogP contribution in [0, 0.1) is 13.8 Å². The number of nitrogens with one attached hydrogen (secondary N) is 1. The van der Waals surface area contributed by atoms with Gasteiger partial charge >= 0.3 is 5.97 Å². The summed E-state index contributed by atoms with van der Waals surface area (Å²) in [5.41, 5.74) is 1.62. The van der Waals surface area contributed by atoms with Crippen LogP contribution in [0.5, 0.6) is 0 Å². The number of ether oxygens (including phenoxy) is 2. The monoisotopic (exact) mass is 391 g/mol. The van der Waals surface area contributed by atoms with E-state index in [0.29, 0.717) is 65.8 Å². The van der Waals surface area contributed by atoms with Crippen LogP contribution in [-0.4, -0.2) is 64.6 Å².